The maximum Gasteiger partial charge on any atom is 0.0635 e. The van der Waals surface area contributed by atoms with Crippen LogP contribution in [0.15, 0.2) is 10.7 Å². The van der Waals surface area contributed by atoms with Gasteiger partial charge in [0.15, 0.2) is 0 Å². The minimum atomic E-state index is 0.580. The lowest BCUT2D eigenvalue weighted by Gasteiger charge is -2.37. The molecular weight excluding hydrogens is 266 g/mol. The Morgan fingerprint density at radius 2 is 2.31 bits per heavy atom. The summed E-state index contributed by atoms with van der Waals surface area (Å²) in [6.45, 7) is 5.53. The zero-order chi connectivity index (χ0) is 11.7. The second kappa shape index (κ2) is 4.88. The Labute approximate surface area is 106 Å². The highest BCUT2D eigenvalue weighted by Gasteiger charge is 2.35. The summed E-state index contributed by atoms with van der Waals surface area (Å²) >= 11 is 3.60. The van der Waals surface area contributed by atoms with Crippen LogP contribution in [0.2, 0.25) is 0 Å². The van der Waals surface area contributed by atoms with Gasteiger partial charge in [-0.2, -0.15) is 5.10 Å². The van der Waals surface area contributed by atoms with Gasteiger partial charge in [-0.05, 0) is 41.2 Å². The van der Waals surface area contributed by atoms with E-state index in [0.717, 1.165) is 16.9 Å². The van der Waals surface area contributed by atoms with E-state index in [-0.39, 0.29) is 0 Å². The van der Waals surface area contributed by atoms with E-state index in [1.165, 1.54) is 18.5 Å². The van der Waals surface area contributed by atoms with Gasteiger partial charge in [-0.1, -0.05) is 13.8 Å². The first kappa shape index (κ1) is 12.1. The van der Waals surface area contributed by atoms with Crippen molar-refractivity contribution in [3.05, 3.63) is 16.4 Å². The molecule has 1 fully saturated rings. The van der Waals surface area contributed by atoms with Crippen LogP contribution in [0, 0.1) is 5.92 Å². The molecule has 1 saturated carbocycles. The van der Waals surface area contributed by atoms with Gasteiger partial charge in [-0.25, -0.2) is 0 Å². The van der Waals surface area contributed by atoms with Gasteiger partial charge in [-0.15, -0.1) is 0 Å². The molecule has 1 aromatic rings. The maximum atomic E-state index is 4.30. The molecule has 4 heteroatoms. The molecule has 2 unspecified atom stereocenters. The Morgan fingerprint density at radius 3 is 2.75 bits per heavy atom. The lowest BCUT2D eigenvalue weighted by Crippen LogP contribution is -2.37. The van der Waals surface area contributed by atoms with E-state index in [2.05, 4.69) is 40.2 Å². The topological polar surface area (TPSA) is 29.9 Å². The molecule has 0 bridgehead atoms. The highest BCUT2D eigenvalue weighted by atomic mass is 79.9. The summed E-state index contributed by atoms with van der Waals surface area (Å²) in [6.07, 6.45) is 4.53. The number of aryl methyl sites for hydroxylation is 1. The zero-order valence-corrected chi connectivity index (χ0v) is 11.8. The number of halogens is 1. The van der Waals surface area contributed by atoms with E-state index >= 15 is 0 Å². The predicted molar refractivity (Wildman–Crippen MR) is 69.5 cm³/mol. The molecule has 1 aliphatic carbocycles. The number of hydrogen-bond donors (Lipinski definition) is 1. The Balaban J connectivity index is 2.00. The monoisotopic (exact) mass is 285 g/mol. The van der Waals surface area contributed by atoms with Crippen molar-refractivity contribution in [2.45, 2.75) is 38.6 Å². The highest BCUT2D eigenvalue weighted by Crippen LogP contribution is 2.44. The van der Waals surface area contributed by atoms with E-state index < -0.39 is 0 Å². The van der Waals surface area contributed by atoms with Crippen molar-refractivity contribution in [3.8, 4) is 0 Å². The van der Waals surface area contributed by atoms with Gasteiger partial charge in [0.1, 0.15) is 0 Å². The van der Waals surface area contributed by atoms with Gasteiger partial charge in [0.25, 0.3) is 0 Å². The fourth-order valence-corrected chi connectivity index (χ4v) is 3.04. The van der Waals surface area contributed by atoms with Crippen LogP contribution in [0.1, 0.15) is 38.3 Å². The summed E-state index contributed by atoms with van der Waals surface area (Å²) in [5, 5.41) is 7.83. The molecule has 0 aromatic carbocycles. The molecule has 1 N–H and O–H groups in total. The molecule has 0 radical (unpaired) electrons. The van der Waals surface area contributed by atoms with E-state index in [1.54, 1.807) is 0 Å². The first-order valence-corrected chi connectivity index (χ1v) is 6.79. The summed E-state index contributed by atoms with van der Waals surface area (Å²) in [7, 11) is 2.03. The SMILES string of the molecule is CC(C)NCC1CCC1c1c(Br)cnn1C. The van der Waals surface area contributed by atoms with E-state index in [0.29, 0.717) is 12.0 Å². The lowest BCUT2D eigenvalue weighted by atomic mass is 9.71. The second-order valence-corrected chi connectivity index (χ2v) is 5.86. The third kappa shape index (κ3) is 2.33. The normalized spacial score (nSPS) is 24.8. The molecule has 3 nitrogen and oxygen atoms in total. The smallest absolute Gasteiger partial charge is 0.0635 e. The molecule has 0 amide bonds. The first-order chi connectivity index (χ1) is 7.59. The largest absolute Gasteiger partial charge is 0.314 e. The number of nitrogens with zero attached hydrogens (tertiary/aromatic N) is 2. The molecule has 1 aliphatic rings. The summed E-state index contributed by atoms with van der Waals surface area (Å²) in [4.78, 5) is 0. The fourth-order valence-electron chi connectivity index (χ4n) is 2.40. The summed E-state index contributed by atoms with van der Waals surface area (Å²) in [6, 6.07) is 0.580. The van der Waals surface area contributed by atoms with Crippen LogP contribution < -0.4 is 5.32 Å². The van der Waals surface area contributed by atoms with Crippen molar-refractivity contribution in [3.63, 3.8) is 0 Å². The van der Waals surface area contributed by atoms with Crippen molar-refractivity contribution in [2.24, 2.45) is 13.0 Å². The number of hydrogen-bond acceptors (Lipinski definition) is 2. The fraction of sp³-hybridized carbons (Fsp3) is 0.750. The van der Waals surface area contributed by atoms with Crippen molar-refractivity contribution in [2.75, 3.05) is 6.54 Å². The third-order valence-electron chi connectivity index (χ3n) is 3.49. The van der Waals surface area contributed by atoms with Crippen LogP contribution in [0.4, 0.5) is 0 Å². The minimum absolute atomic E-state index is 0.580. The van der Waals surface area contributed by atoms with E-state index in [1.807, 2.05) is 17.9 Å². The number of rotatable bonds is 4. The minimum Gasteiger partial charge on any atom is -0.314 e. The molecule has 0 saturated heterocycles. The Kier molecular flexibility index (Phi) is 3.70. The van der Waals surface area contributed by atoms with Gasteiger partial charge in [0.05, 0.1) is 16.4 Å². The molecule has 1 aromatic heterocycles. The maximum absolute atomic E-state index is 4.30. The highest BCUT2D eigenvalue weighted by molar-refractivity contribution is 9.10. The van der Waals surface area contributed by atoms with E-state index in [4.69, 9.17) is 0 Å². The molecule has 2 rings (SSSR count). The molecular formula is C12H20BrN3. The molecule has 90 valence electrons. The van der Waals surface area contributed by atoms with Crippen molar-refractivity contribution < 1.29 is 0 Å². The van der Waals surface area contributed by atoms with E-state index in [9.17, 15) is 0 Å². The lowest BCUT2D eigenvalue weighted by molar-refractivity contribution is 0.230. The second-order valence-electron chi connectivity index (χ2n) is 5.01. The Bertz CT molecular complexity index is 340. The predicted octanol–water partition coefficient (Wildman–Crippen LogP) is 2.67. The molecule has 1 heterocycles. The van der Waals surface area contributed by atoms with Gasteiger partial charge in [0, 0.05) is 19.0 Å². The number of aromatic nitrogens is 2. The average molecular weight is 286 g/mol. The van der Waals surface area contributed by atoms with Crippen molar-refractivity contribution in [1.82, 2.24) is 15.1 Å². The summed E-state index contributed by atoms with van der Waals surface area (Å²) in [5.41, 5.74) is 1.36. The molecule has 0 spiro atoms. The van der Waals surface area contributed by atoms with Gasteiger partial charge in [-0.3, -0.25) is 4.68 Å². The molecule has 2 atom stereocenters. The Morgan fingerprint density at radius 1 is 1.56 bits per heavy atom. The average Bonchev–Trinajstić information content (AvgIpc) is 2.48. The van der Waals surface area contributed by atoms with Gasteiger partial charge in [0.2, 0.25) is 0 Å². The van der Waals surface area contributed by atoms with Gasteiger partial charge >= 0.3 is 0 Å². The van der Waals surface area contributed by atoms with Crippen molar-refractivity contribution >= 4 is 15.9 Å². The molecule has 0 aliphatic heterocycles. The standard InChI is InChI=1S/C12H20BrN3/c1-8(2)14-6-9-4-5-10(9)12-11(13)7-15-16(12)3/h7-10,14H,4-6H2,1-3H3. The summed E-state index contributed by atoms with van der Waals surface area (Å²) < 4.78 is 3.17. The van der Waals surface area contributed by atoms with Crippen LogP contribution >= 0.6 is 15.9 Å². The van der Waals surface area contributed by atoms with Crippen LogP contribution in [0.3, 0.4) is 0 Å². The van der Waals surface area contributed by atoms with Gasteiger partial charge < -0.3 is 5.32 Å². The summed E-state index contributed by atoms with van der Waals surface area (Å²) in [5.74, 6) is 1.45. The first-order valence-electron chi connectivity index (χ1n) is 6.00. The van der Waals surface area contributed by atoms with Crippen LogP contribution in [0.5, 0.6) is 0 Å². The van der Waals surface area contributed by atoms with Crippen LogP contribution in [0.25, 0.3) is 0 Å². The third-order valence-corrected chi connectivity index (χ3v) is 4.11. The van der Waals surface area contributed by atoms with Crippen LogP contribution in [-0.2, 0) is 7.05 Å². The quantitative estimate of drug-likeness (QED) is 0.922. The zero-order valence-electron chi connectivity index (χ0n) is 10.2. The molecule has 16 heavy (non-hydrogen) atoms. The van der Waals surface area contributed by atoms with Crippen molar-refractivity contribution in [1.29, 1.82) is 0 Å². The number of nitrogens with one attached hydrogen (secondary N) is 1. The van der Waals surface area contributed by atoms with Crippen LogP contribution in [-0.4, -0.2) is 22.4 Å². The Hall–Kier alpha value is -0.350.